The Morgan fingerprint density at radius 1 is 1.29 bits per heavy atom. The van der Waals surface area contributed by atoms with Gasteiger partial charge in [0, 0.05) is 37.4 Å². The predicted octanol–water partition coefficient (Wildman–Crippen LogP) is 4.18. The van der Waals surface area contributed by atoms with E-state index >= 15 is 0 Å². The van der Waals surface area contributed by atoms with Crippen molar-refractivity contribution in [2.24, 2.45) is 5.92 Å². The van der Waals surface area contributed by atoms with Crippen molar-refractivity contribution in [2.45, 2.75) is 77.2 Å². The molecule has 1 fully saturated rings. The maximum Gasteiger partial charge on any atom is 0.278 e. The fourth-order valence-electron chi connectivity index (χ4n) is 4.72. The van der Waals surface area contributed by atoms with Crippen molar-refractivity contribution >= 4 is 17.2 Å². The first kappa shape index (κ1) is 25.0. The Bertz CT molecular complexity index is 925. The van der Waals surface area contributed by atoms with Gasteiger partial charge in [0.15, 0.2) is 6.61 Å². The number of nitrogens with zero attached hydrogens (tertiary/aromatic N) is 3. The van der Waals surface area contributed by atoms with E-state index in [-0.39, 0.29) is 18.4 Å². The fourth-order valence-corrected chi connectivity index (χ4v) is 5.66. The highest BCUT2D eigenvalue weighted by Gasteiger charge is 2.26. The minimum atomic E-state index is -2.85. The van der Waals surface area contributed by atoms with E-state index in [2.05, 4.69) is 20.2 Å². The second-order valence-electron chi connectivity index (χ2n) is 9.67. The Balaban J connectivity index is 1.13. The van der Waals surface area contributed by atoms with Crippen molar-refractivity contribution in [3.8, 4) is 5.19 Å². The number of hydrogen-bond donors (Lipinski definition) is 1. The van der Waals surface area contributed by atoms with Crippen molar-refractivity contribution in [3.05, 3.63) is 28.4 Å². The summed E-state index contributed by atoms with van der Waals surface area (Å²) in [6, 6.07) is 0.240. The number of halogens is 2. The van der Waals surface area contributed by atoms with E-state index < -0.39 is 12.5 Å². The molecule has 0 spiro atoms. The minimum Gasteiger partial charge on any atom is -0.464 e. The highest BCUT2D eigenvalue weighted by Crippen LogP contribution is 2.30. The number of thiazole rings is 1. The van der Waals surface area contributed by atoms with E-state index in [1.54, 1.807) is 6.20 Å². The third kappa shape index (κ3) is 7.46. The zero-order valence-electron chi connectivity index (χ0n) is 19.9. The van der Waals surface area contributed by atoms with Crippen LogP contribution in [0.5, 0.6) is 5.19 Å². The summed E-state index contributed by atoms with van der Waals surface area (Å²) in [6.45, 7) is 5.01. The predicted molar refractivity (Wildman–Crippen MR) is 126 cm³/mol. The maximum atomic E-state index is 13.0. The molecule has 2 aromatic rings. The molecule has 7 nitrogen and oxygen atoms in total. The van der Waals surface area contributed by atoms with E-state index in [9.17, 15) is 13.6 Å². The van der Waals surface area contributed by atoms with Gasteiger partial charge in [-0.2, -0.15) is 0 Å². The van der Waals surface area contributed by atoms with Crippen molar-refractivity contribution in [3.63, 3.8) is 0 Å². The van der Waals surface area contributed by atoms with Gasteiger partial charge in [-0.25, -0.2) is 18.7 Å². The first-order chi connectivity index (χ1) is 16.2. The van der Waals surface area contributed by atoms with Gasteiger partial charge in [-0.15, -0.1) is 0 Å². The summed E-state index contributed by atoms with van der Waals surface area (Å²) in [5.74, 6) is -0.988. The number of aromatic nitrogens is 2. The van der Waals surface area contributed by atoms with Crippen LogP contribution in [0.25, 0.3) is 0 Å². The number of carbonyl (C=O) groups is 1. The lowest BCUT2D eigenvalue weighted by atomic mass is 9.84. The summed E-state index contributed by atoms with van der Waals surface area (Å²) in [6.07, 6.45) is 9.02. The number of rotatable bonds is 9. The molecular weight excluding hydrogens is 462 g/mol. The van der Waals surface area contributed by atoms with Gasteiger partial charge in [0.25, 0.3) is 11.1 Å². The van der Waals surface area contributed by atoms with Crippen LogP contribution in [0, 0.1) is 12.8 Å². The van der Waals surface area contributed by atoms with Gasteiger partial charge in [0.1, 0.15) is 12.2 Å². The molecule has 2 aliphatic rings. The molecule has 3 heterocycles. The molecule has 1 N–H and O–H groups in total. The van der Waals surface area contributed by atoms with E-state index in [1.807, 2.05) is 6.92 Å². The average molecular weight is 497 g/mol. The van der Waals surface area contributed by atoms with Crippen molar-refractivity contribution < 1.29 is 22.7 Å². The summed E-state index contributed by atoms with van der Waals surface area (Å²) in [4.78, 5) is 24.4. The first-order valence-corrected chi connectivity index (χ1v) is 13.0. The van der Waals surface area contributed by atoms with Crippen LogP contribution in [-0.4, -0.2) is 59.0 Å². The zero-order valence-corrected chi connectivity index (χ0v) is 20.8. The number of amides is 1. The van der Waals surface area contributed by atoms with Gasteiger partial charge in [-0.1, -0.05) is 11.3 Å². The van der Waals surface area contributed by atoms with E-state index in [0.717, 1.165) is 87.8 Å². The smallest absolute Gasteiger partial charge is 0.278 e. The number of hydrogen-bond acceptors (Lipinski definition) is 7. The van der Waals surface area contributed by atoms with Crippen LogP contribution in [0.2, 0.25) is 0 Å². The van der Waals surface area contributed by atoms with Crippen LogP contribution >= 0.6 is 11.3 Å². The van der Waals surface area contributed by atoms with Gasteiger partial charge in [0.2, 0.25) is 11.8 Å². The molecule has 4 rings (SSSR count). The normalized spacial score (nSPS) is 21.6. The van der Waals surface area contributed by atoms with Crippen molar-refractivity contribution in [2.75, 3.05) is 26.2 Å². The molecule has 1 aliphatic heterocycles. The van der Waals surface area contributed by atoms with Gasteiger partial charge in [0.05, 0.1) is 11.9 Å². The number of alkyl halides is 2. The van der Waals surface area contributed by atoms with Crippen LogP contribution in [-0.2, 0) is 24.1 Å². The number of oxazole rings is 1. The maximum absolute atomic E-state index is 13.0. The van der Waals surface area contributed by atoms with Gasteiger partial charge >= 0.3 is 0 Å². The van der Waals surface area contributed by atoms with Gasteiger partial charge in [-0.05, 0) is 57.9 Å². The monoisotopic (exact) mass is 496 g/mol. The summed E-state index contributed by atoms with van der Waals surface area (Å²) in [5.41, 5.74) is 0.998. The average Bonchev–Trinajstić information content (AvgIpc) is 3.32. The Labute approximate surface area is 203 Å². The van der Waals surface area contributed by atoms with E-state index in [0.29, 0.717) is 17.0 Å². The number of ether oxygens (including phenoxy) is 1. The van der Waals surface area contributed by atoms with Crippen molar-refractivity contribution in [1.29, 1.82) is 0 Å². The van der Waals surface area contributed by atoms with Crippen LogP contribution in [0.15, 0.2) is 10.6 Å². The number of fused-ring (bicyclic) bond motifs is 1. The summed E-state index contributed by atoms with van der Waals surface area (Å²) < 4.78 is 36.6. The highest BCUT2D eigenvalue weighted by atomic mass is 32.1. The molecule has 1 amide bonds. The minimum absolute atomic E-state index is 0.0205. The molecule has 0 unspecified atom stereocenters. The van der Waals surface area contributed by atoms with Crippen LogP contribution in [0.3, 0.4) is 0 Å². The lowest BCUT2D eigenvalue weighted by Crippen LogP contribution is -2.39. The van der Waals surface area contributed by atoms with Gasteiger partial charge < -0.3 is 19.4 Å². The molecule has 0 bridgehead atoms. The molecule has 1 saturated carbocycles. The van der Waals surface area contributed by atoms with Crippen LogP contribution in [0.1, 0.15) is 61.2 Å². The number of aryl methyl sites for hydroxylation is 1. The van der Waals surface area contributed by atoms with Gasteiger partial charge in [-0.3, -0.25) is 4.79 Å². The molecule has 34 heavy (non-hydrogen) atoms. The topological polar surface area (TPSA) is 80.5 Å². The molecule has 0 radical (unpaired) electrons. The third-order valence-electron chi connectivity index (χ3n) is 6.57. The molecule has 0 saturated heterocycles. The Hall–Kier alpha value is -2.07. The molecule has 0 aromatic carbocycles. The lowest BCUT2D eigenvalue weighted by Gasteiger charge is -2.30. The summed E-state index contributed by atoms with van der Waals surface area (Å²) >= 11 is 1.41. The Morgan fingerprint density at radius 2 is 2.06 bits per heavy atom. The second kappa shape index (κ2) is 11.1. The molecule has 0 atom stereocenters. The first-order valence-electron chi connectivity index (χ1n) is 12.2. The van der Waals surface area contributed by atoms with Crippen LogP contribution in [0.4, 0.5) is 8.78 Å². The number of carbonyl (C=O) groups excluding carboxylic acids is 1. The highest BCUT2D eigenvalue weighted by molar-refractivity contribution is 7.13. The molecule has 2 aromatic heterocycles. The summed E-state index contributed by atoms with van der Waals surface area (Å²) in [5, 5.41) is 3.49. The molecule has 188 valence electrons. The Kier molecular flexibility index (Phi) is 8.18. The summed E-state index contributed by atoms with van der Waals surface area (Å²) in [7, 11) is 0. The standard InChI is InChI=1S/C24H34F2N4O3S/c1-16-14-27-22(33-16)13-21(31)28-18-5-3-17(4-6-18)7-10-30-11-8-19-20(9-12-30)34-23(29-19)32-15-24(2,25)26/h14,17-18H,3-13,15H2,1-2H3,(H,28,31). The number of nitrogens with one attached hydrogen (secondary N) is 1. The van der Waals surface area contributed by atoms with Crippen molar-refractivity contribution in [1.82, 2.24) is 20.2 Å². The lowest BCUT2D eigenvalue weighted by molar-refractivity contribution is -0.121. The molecular formula is C24H34F2N4O3S. The second-order valence-corrected chi connectivity index (χ2v) is 10.7. The van der Waals surface area contributed by atoms with Crippen LogP contribution < -0.4 is 10.1 Å². The molecule has 10 heteroatoms. The van der Waals surface area contributed by atoms with E-state index in [4.69, 9.17) is 9.15 Å². The largest absolute Gasteiger partial charge is 0.464 e. The quantitative estimate of drug-likeness (QED) is 0.561. The van der Waals surface area contributed by atoms with E-state index in [1.165, 1.54) is 11.3 Å². The fraction of sp³-hybridized carbons (Fsp3) is 0.708. The zero-order chi connectivity index (χ0) is 24.1. The Morgan fingerprint density at radius 3 is 2.76 bits per heavy atom. The molecule has 1 aliphatic carbocycles. The third-order valence-corrected chi connectivity index (χ3v) is 7.64. The SMILES string of the molecule is Cc1cnc(CC(=O)NC2CCC(CCN3CCc4nc(OCC(C)(F)F)sc4CC3)CC2)o1.